The van der Waals surface area contributed by atoms with Crippen molar-refractivity contribution in [2.45, 2.75) is 13.1 Å². The summed E-state index contributed by atoms with van der Waals surface area (Å²) in [4.78, 5) is 15.2. The lowest BCUT2D eigenvalue weighted by atomic mass is 10.2. The number of hydrogen-bond donors (Lipinski definition) is 2. The summed E-state index contributed by atoms with van der Waals surface area (Å²) >= 11 is 5.79. The lowest BCUT2D eigenvalue weighted by molar-refractivity contribution is -0.141. The molecule has 1 heterocycles. The average molecular weight is 330 g/mol. The van der Waals surface area contributed by atoms with Gasteiger partial charge in [0.15, 0.2) is 0 Å². The van der Waals surface area contributed by atoms with Crippen LogP contribution < -0.4 is 10.6 Å². The Morgan fingerprint density at radius 2 is 1.91 bits per heavy atom. The number of halogens is 4. The summed E-state index contributed by atoms with van der Waals surface area (Å²) in [6, 6.07) is 7.83. The van der Waals surface area contributed by atoms with Gasteiger partial charge >= 0.3 is 12.2 Å². The second-order valence-corrected chi connectivity index (χ2v) is 4.85. The van der Waals surface area contributed by atoms with E-state index in [4.69, 9.17) is 11.6 Å². The molecule has 2 aromatic rings. The van der Waals surface area contributed by atoms with Crippen LogP contribution in [0.2, 0.25) is 5.02 Å². The molecule has 0 atom stereocenters. The Morgan fingerprint density at radius 1 is 1.18 bits per heavy atom. The van der Waals surface area contributed by atoms with Crippen LogP contribution in [0.4, 0.5) is 29.3 Å². The zero-order chi connectivity index (χ0) is 16.3. The minimum absolute atomic E-state index is 0.0658. The molecule has 0 bridgehead atoms. The molecular formula is C14H11ClF3N3O. The van der Waals surface area contributed by atoms with Gasteiger partial charge in [-0.3, -0.25) is 0 Å². The minimum atomic E-state index is -4.52. The molecule has 1 aromatic carbocycles. The van der Waals surface area contributed by atoms with Crippen LogP contribution in [0, 0.1) is 6.92 Å². The molecule has 0 saturated carbocycles. The van der Waals surface area contributed by atoms with E-state index in [2.05, 4.69) is 15.6 Å². The number of carbonyl (C=O) groups excluding carboxylic acids is 1. The van der Waals surface area contributed by atoms with Gasteiger partial charge in [-0.05, 0) is 37.3 Å². The second-order valence-electron chi connectivity index (χ2n) is 4.42. The van der Waals surface area contributed by atoms with Gasteiger partial charge in [0.25, 0.3) is 0 Å². The summed E-state index contributed by atoms with van der Waals surface area (Å²) in [5, 5.41) is 5.40. The summed E-state index contributed by atoms with van der Waals surface area (Å²) in [5.41, 5.74) is -0.295. The molecule has 1 aromatic heterocycles. The number of pyridine rings is 1. The smallest absolute Gasteiger partial charge is 0.308 e. The number of rotatable bonds is 2. The van der Waals surface area contributed by atoms with Crippen molar-refractivity contribution in [1.82, 2.24) is 4.98 Å². The van der Waals surface area contributed by atoms with Crippen molar-refractivity contribution in [2.24, 2.45) is 0 Å². The lowest BCUT2D eigenvalue weighted by Crippen LogP contribution is -2.20. The monoisotopic (exact) mass is 329 g/mol. The van der Waals surface area contributed by atoms with Crippen LogP contribution >= 0.6 is 11.6 Å². The summed E-state index contributed by atoms with van der Waals surface area (Å²) < 4.78 is 37.5. The normalized spacial score (nSPS) is 11.1. The third-order valence-electron chi connectivity index (χ3n) is 2.71. The maximum atomic E-state index is 12.5. The number of aryl methyl sites for hydroxylation is 1. The van der Waals surface area contributed by atoms with Crippen LogP contribution in [0.15, 0.2) is 36.4 Å². The Hall–Kier alpha value is -2.28. The highest BCUT2D eigenvalue weighted by molar-refractivity contribution is 6.30. The Kier molecular flexibility index (Phi) is 4.56. The SMILES string of the molecule is Cc1nc(C(F)(F)F)ccc1NC(=O)Nc1cccc(Cl)c1. The van der Waals surface area contributed by atoms with E-state index in [-0.39, 0.29) is 11.4 Å². The summed E-state index contributed by atoms with van der Waals surface area (Å²) in [7, 11) is 0. The third kappa shape index (κ3) is 4.11. The lowest BCUT2D eigenvalue weighted by Gasteiger charge is -2.12. The topological polar surface area (TPSA) is 54.0 Å². The molecule has 0 spiro atoms. The maximum Gasteiger partial charge on any atom is 0.433 e. The van der Waals surface area contributed by atoms with Crippen LogP contribution in [0.25, 0.3) is 0 Å². The van der Waals surface area contributed by atoms with Crippen LogP contribution in [0.5, 0.6) is 0 Å². The highest BCUT2D eigenvalue weighted by atomic mass is 35.5. The van der Waals surface area contributed by atoms with E-state index in [1.54, 1.807) is 24.3 Å². The van der Waals surface area contributed by atoms with Crippen LogP contribution in [0.1, 0.15) is 11.4 Å². The zero-order valence-corrected chi connectivity index (χ0v) is 12.1. The van der Waals surface area contributed by atoms with Crippen molar-refractivity contribution >= 4 is 29.0 Å². The molecule has 22 heavy (non-hydrogen) atoms. The molecule has 0 saturated heterocycles. The number of nitrogens with zero attached hydrogens (tertiary/aromatic N) is 1. The van der Waals surface area contributed by atoms with Crippen LogP contribution in [0.3, 0.4) is 0 Å². The van der Waals surface area contributed by atoms with E-state index in [1.807, 2.05) is 0 Å². The molecular weight excluding hydrogens is 319 g/mol. The number of aromatic nitrogens is 1. The highest BCUT2D eigenvalue weighted by Gasteiger charge is 2.32. The molecule has 0 radical (unpaired) electrons. The Labute approximate surface area is 129 Å². The number of amides is 2. The van der Waals surface area contributed by atoms with E-state index in [1.165, 1.54) is 6.92 Å². The Balaban J connectivity index is 2.09. The standard InChI is InChI=1S/C14H11ClF3N3O/c1-8-11(5-6-12(19-8)14(16,17)18)21-13(22)20-10-4-2-3-9(15)7-10/h2-7H,1H3,(H2,20,21,22). The highest BCUT2D eigenvalue weighted by Crippen LogP contribution is 2.29. The fourth-order valence-corrected chi connectivity index (χ4v) is 1.89. The third-order valence-corrected chi connectivity index (χ3v) is 2.94. The number of alkyl halides is 3. The van der Waals surface area contributed by atoms with Gasteiger partial charge in [0.1, 0.15) is 5.69 Å². The fraction of sp³-hybridized carbons (Fsp3) is 0.143. The first kappa shape index (κ1) is 16.1. The van der Waals surface area contributed by atoms with Crippen molar-refractivity contribution in [2.75, 3.05) is 10.6 Å². The van der Waals surface area contributed by atoms with Crippen molar-refractivity contribution in [1.29, 1.82) is 0 Å². The number of urea groups is 1. The number of carbonyl (C=O) groups is 1. The molecule has 0 fully saturated rings. The van der Waals surface area contributed by atoms with Crippen molar-refractivity contribution < 1.29 is 18.0 Å². The molecule has 2 rings (SSSR count). The van der Waals surface area contributed by atoms with Crippen molar-refractivity contribution in [3.63, 3.8) is 0 Å². The summed E-state index contributed by atoms with van der Waals surface area (Å²) in [6.07, 6.45) is -4.52. The molecule has 4 nitrogen and oxygen atoms in total. The molecule has 8 heteroatoms. The van der Waals surface area contributed by atoms with Gasteiger partial charge in [-0.25, -0.2) is 9.78 Å². The molecule has 0 unspecified atom stereocenters. The molecule has 2 N–H and O–H groups in total. The van der Waals surface area contributed by atoms with Gasteiger partial charge in [-0.2, -0.15) is 13.2 Å². The Bertz CT molecular complexity index is 704. The minimum Gasteiger partial charge on any atom is -0.308 e. The molecule has 116 valence electrons. The molecule has 0 aliphatic heterocycles. The van der Waals surface area contributed by atoms with Gasteiger partial charge in [-0.1, -0.05) is 17.7 Å². The van der Waals surface area contributed by atoms with Crippen molar-refractivity contribution in [3.8, 4) is 0 Å². The molecule has 0 aliphatic rings. The first-order chi connectivity index (χ1) is 10.3. The molecule has 2 amide bonds. The number of hydrogen-bond acceptors (Lipinski definition) is 2. The quantitative estimate of drug-likeness (QED) is 0.838. The second kappa shape index (κ2) is 6.23. The average Bonchev–Trinajstić information content (AvgIpc) is 2.39. The number of anilines is 2. The zero-order valence-electron chi connectivity index (χ0n) is 11.3. The van der Waals surface area contributed by atoms with Crippen LogP contribution in [-0.4, -0.2) is 11.0 Å². The first-order valence-electron chi connectivity index (χ1n) is 6.14. The van der Waals surface area contributed by atoms with E-state index in [0.717, 1.165) is 12.1 Å². The largest absolute Gasteiger partial charge is 0.433 e. The van der Waals surface area contributed by atoms with E-state index < -0.39 is 17.9 Å². The van der Waals surface area contributed by atoms with Gasteiger partial charge < -0.3 is 10.6 Å². The van der Waals surface area contributed by atoms with Gasteiger partial charge in [0.05, 0.1) is 11.4 Å². The number of benzene rings is 1. The number of nitrogens with one attached hydrogen (secondary N) is 2. The van der Waals surface area contributed by atoms with Crippen LogP contribution in [-0.2, 0) is 6.18 Å². The predicted octanol–water partition coefficient (Wildman–Crippen LogP) is 4.71. The van der Waals surface area contributed by atoms with E-state index in [9.17, 15) is 18.0 Å². The summed E-state index contributed by atoms with van der Waals surface area (Å²) in [5.74, 6) is 0. The van der Waals surface area contributed by atoms with Gasteiger partial charge in [0, 0.05) is 10.7 Å². The summed E-state index contributed by atoms with van der Waals surface area (Å²) in [6.45, 7) is 1.38. The predicted molar refractivity (Wildman–Crippen MR) is 78.1 cm³/mol. The maximum absolute atomic E-state index is 12.5. The van der Waals surface area contributed by atoms with E-state index in [0.29, 0.717) is 10.7 Å². The van der Waals surface area contributed by atoms with E-state index >= 15 is 0 Å². The van der Waals surface area contributed by atoms with Gasteiger partial charge in [-0.15, -0.1) is 0 Å². The fourth-order valence-electron chi connectivity index (χ4n) is 1.70. The molecule has 0 aliphatic carbocycles. The Morgan fingerprint density at radius 3 is 2.50 bits per heavy atom. The first-order valence-corrected chi connectivity index (χ1v) is 6.52. The van der Waals surface area contributed by atoms with Crippen molar-refractivity contribution in [3.05, 3.63) is 52.8 Å². The van der Waals surface area contributed by atoms with Gasteiger partial charge in [0.2, 0.25) is 0 Å².